The van der Waals surface area contributed by atoms with E-state index in [1.165, 1.54) is 33.5 Å². The summed E-state index contributed by atoms with van der Waals surface area (Å²) in [4.78, 5) is 27.2. The Morgan fingerprint density at radius 1 is 0.933 bits per heavy atom. The molecule has 2 saturated heterocycles. The van der Waals surface area contributed by atoms with Crippen molar-refractivity contribution in [1.29, 1.82) is 0 Å². The van der Waals surface area contributed by atoms with Gasteiger partial charge in [0, 0.05) is 36.1 Å². The van der Waals surface area contributed by atoms with Crippen LogP contribution < -0.4 is 5.32 Å². The third-order valence-corrected chi connectivity index (χ3v) is 7.73. The van der Waals surface area contributed by atoms with E-state index in [1.54, 1.807) is 12.1 Å². The van der Waals surface area contributed by atoms with E-state index in [0.717, 1.165) is 5.56 Å². The molecule has 158 valence electrons. The highest BCUT2D eigenvalue weighted by Crippen LogP contribution is 2.24. The number of rotatable bonds is 4. The highest BCUT2D eigenvalue weighted by atomic mass is 35.5. The number of hydrogen-bond acceptors (Lipinski definition) is 4. The third kappa shape index (κ3) is 4.05. The van der Waals surface area contributed by atoms with Gasteiger partial charge in [-0.1, -0.05) is 35.3 Å². The van der Waals surface area contributed by atoms with Gasteiger partial charge in [0.15, 0.2) is 0 Å². The molecule has 2 atom stereocenters. The molecule has 2 aliphatic heterocycles. The zero-order valence-corrected chi connectivity index (χ0v) is 18.1. The Morgan fingerprint density at radius 2 is 1.53 bits per heavy atom. The molecule has 0 saturated carbocycles. The molecule has 0 radical (unpaired) electrons. The largest absolute Gasteiger partial charge is 0.342 e. The maximum absolute atomic E-state index is 12.9. The van der Waals surface area contributed by atoms with Crippen molar-refractivity contribution < 1.29 is 18.0 Å². The van der Waals surface area contributed by atoms with Crippen LogP contribution in [0, 0.1) is 0 Å². The first-order valence-corrected chi connectivity index (χ1v) is 11.6. The summed E-state index contributed by atoms with van der Waals surface area (Å²) in [6, 6.07) is 11.4. The van der Waals surface area contributed by atoms with E-state index in [1.807, 2.05) is 12.1 Å². The van der Waals surface area contributed by atoms with Crippen molar-refractivity contribution in [2.75, 3.05) is 19.6 Å². The summed E-state index contributed by atoms with van der Waals surface area (Å²) in [6.07, 6.45) is 0.345. The van der Waals surface area contributed by atoms with E-state index in [-0.39, 0.29) is 36.3 Å². The fourth-order valence-corrected chi connectivity index (χ4v) is 5.43. The fraction of sp³-hybridized carbons (Fsp3) is 0.300. The lowest BCUT2D eigenvalue weighted by atomic mass is 9.99. The van der Waals surface area contributed by atoms with Crippen molar-refractivity contribution >= 4 is 45.0 Å². The molecule has 0 bridgehead atoms. The SMILES string of the molecule is O=C1N[C@@H](Cc2ccc(Cl)cc2)C(=O)N2CCN(S(=O)(=O)c3ccc(Cl)cc3)C[C@H]12. The number of carbonyl (C=O) groups is 2. The molecule has 2 heterocycles. The maximum atomic E-state index is 12.9. The summed E-state index contributed by atoms with van der Waals surface area (Å²) in [5, 5.41) is 3.77. The number of nitrogens with one attached hydrogen (secondary N) is 1. The molecule has 0 unspecified atom stereocenters. The Bertz CT molecular complexity index is 1070. The molecule has 1 N–H and O–H groups in total. The minimum atomic E-state index is -3.79. The number of carbonyl (C=O) groups excluding carboxylic acids is 2. The van der Waals surface area contributed by atoms with Crippen molar-refractivity contribution in [2.24, 2.45) is 0 Å². The van der Waals surface area contributed by atoms with Crippen molar-refractivity contribution in [1.82, 2.24) is 14.5 Å². The first kappa shape index (κ1) is 21.1. The number of amides is 2. The van der Waals surface area contributed by atoms with Crippen LogP contribution in [-0.4, -0.2) is 61.2 Å². The lowest BCUT2D eigenvalue weighted by molar-refractivity contribution is -0.151. The van der Waals surface area contributed by atoms with Crippen molar-refractivity contribution in [2.45, 2.75) is 23.4 Å². The summed E-state index contributed by atoms with van der Waals surface area (Å²) in [5.41, 5.74) is 0.875. The monoisotopic (exact) mass is 467 g/mol. The quantitative estimate of drug-likeness (QED) is 0.743. The normalized spacial score (nSPS) is 22.5. The first-order valence-electron chi connectivity index (χ1n) is 9.37. The van der Waals surface area contributed by atoms with E-state index in [4.69, 9.17) is 23.2 Å². The predicted octanol–water partition coefficient (Wildman–Crippen LogP) is 1.94. The van der Waals surface area contributed by atoms with Gasteiger partial charge in [0.05, 0.1) is 4.90 Å². The molecule has 0 spiro atoms. The van der Waals surface area contributed by atoms with Gasteiger partial charge in [-0.25, -0.2) is 8.42 Å². The van der Waals surface area contributed by atoms with Gasteiger partial charge in [0.1, 0.15) is 12.1 Å². The smallest absolute Gasteiger partial charge is 0.246 e. The molecule has 0 aromatic heterocycles. The first-order chi connectivity index (χ1) is 14.3. The average Bonchev–Trinajstić information content (AvgIpc) is 2.73. The van der Waals surface area contributed by atoms with Gasteiger partial charge in [-0.05, 0) is 42.0 Å². The van der Waals surface area contributed by atoms with Gasteiger partial charge in [-0.2, -0.15) is 4.31 Å². The van der Waals surface area contributed by atoms with Crippen LogP contribution in [0.4, 0.5) is 0 Å². The van der Waals surface area contributed by atoms with E-state index >= 15 is 0 Å². The van der Waals surface area contributed by atoms with Crippen LogP contribution >= 0.6 is 23.2 Å². The molecule has 4 rings (SSSR count). The van der Waals surface area contributed by atoms with Gasteiger partial charge >= 0.3 is 0 Å². The van der Waals surface area contributed by atoms with Crippen LogP contribution in [0.2, 0.25) is 10.0 Å². The van der Waals surface area contributed by atoms with Crippen molar-refractivity contribution in [3.63, 3.8) is 0 Å². The molecule has 2 aromatic rings. The molecular formula is C20H19Cl2N3O4S. The maximum Gasteiger partial charge on any atom is 0.246 e. The van der Waals surface area contributed by atoms with E-state index in [2.05, 4.69) is 5.32 Å². The summed E-state index contributed by atoms with van der Waals surface area (Å²) in [7, 11) is -3.79. The van der Waals surface area contributed by atoms with Gasteiger partial charge in [0.2, 0.25) is 21.8 Å². The number of nitrogens with zero attached hydrogens (tertiary/aromatic N) is 2. The number of benzene rings is 2. The fourth-order valence-electron chi connectivity index (χ4n) is 3.74. The van der Waals surface area contributed by atoms with Crippen LogP contribution in [-0.2, 0) is 26.0 Å². The Labute approximate surface area is 184 Å². The van der Waals surface area contributed by atoms with Crippen molar-refractivity contribution in [3.8, 4) is 0 Å². The molecule has 2 aromatic carbocycles. The second kappa shape index (κ2) is 8.19. The van der Waals surface area contributed by atoms with Crippen LogP contribution in [0.15, 0.2) is 53.4 Å². The van der Waals surface area contributed by atoms with E-state index in [9.17, 15) is 18.0 Å². The molecule has 0 aliphatic carbocycles. The molecule has 2 fully saturated rings. The Hall–Kier alpha value is -2.13. The second-order valence-corrected chi connectivity index (χ2v) is 10.1. The van der Waals surface area contributed by atoms with E-state index < -0.39 is 22.1 Å². The number of sulfonamides is 1. The zero-order chi connectivity index (χ0) is 21.5. The van der Waals surface area contributed by atoms with Gasteiger partial charge in [-0.15, -0.1) is 0 Å². The number of fused-ring (bicyclic) bond motifs is 1. The lowest BCUT2D eigenvalue weighted by Crippen LogP contribution is -2.69. The van der Waals surface area contributed by atoms with Crippen LogP contribution in [0.3, 0.4) is 0 Å². The van der Waals surface area contributed by atoms with Crippen molar-refractivity contribution in [3.05, 3.63) is 64.1 Å². The molecule has 30 heavy (non-hydrogen) atoms. The molecule has 10 heteroatoms. The van der Waals surface area contributed by atoms with Gasteiger partial charge < -0.3 is 10.2 Å². The predicted molar refractivity (Wildman–Crippen MR) is 113 cm³/mol. The Kier molecular flexibility index (Phi) is 5.76. The van der Waals surface area contributed by atoms with Gasteiger partial charge in [0.25, 0.3) is 0 Å². The topological polar surface area (TPSA) is 86.8 Å². The average molecular weight is 468 g/mol. The second-order valence-electron chi connectivity index (χ2n) is 7.26. The number of halogens is 2. The standard InChI is InChI=1S/C20H19Cl2N3O4S/c21-14-3-1-13(2-4-14)11-17-20(27)25-10-9-24(12-18(25)19(26)23-17)30(28,29)16-7-5-15(22)6-8-16/h1-8,17-18H,9-12H2,(H,23,26)/t17-,18+/m0/s1. The van der Waals surface area contributed by atoms with Crippen LogP contribution in [0.1, 0.15) is 5.56 Å². The third-order valence-electron chi connectivity index (χ3n) is 5.35. The van der Waals surface area contributed by atoms with Gasteiger partial charge in [-0.3, -0.25) is 9.59 Å². The Balaban J connectivity index is 1.49. The molecule has 7 nitrogen and oxygen atoms in total. The van der Waals surface area contributed by atoms with E-state index in [0.29, 0.717) is 16.5 Å². The summed E-state index contributed by atoms with van der Waals surface area (Å²) in [5.74, 6) is -0.567. The van der Waals surface area contributed by atoms with Crippen LogP contribution in [0.5, 0.6) is 0 Å². The summed E-state index contributed by atoms with van der Waals surface area (Å²) < 4.78 is 27.1. The van der Waals surface area contributed by atoms with Crippen LogP contribution in [0.25, 0.3) is 0 Å². The zero-order valence-electron chi connectivity index (χ0n) is 15.8. The number of piperazine rings is 2. The Morgan fingerprint density at radius 3 is 2.17 bits per heavy atom. The number of hydrogen-bond donors (Lipinski definition) is 1. The summed E-state index contributed by atoms with van der Waals surface area (Å²) >= 11 is 11.7. The summed E-state index contributed by atoms with van der Waals surface area (Å²) in [6.45, 7) is 0.186. The highest BCUT2D eigenvalue weighted by molar-refractivity contribution is 7.89. The molecule has 2 aliphatic rings. The molecular weight excluding hydrogens is 449 g/mol. The lowest BCUT2D eigenvalue weighted by Gasteiger charge is -2.44. The molecule has 2 amide bonds. The minimum absolute atomic E-state index is 0.0871. The highest BCUT2D eigenvalue weighted by Gasteiger charge is 2.45. The minimum Gasteiger partial charge on any atom is -0.342 e.